The lowest BCUT2D eigenvalue weighted by molar-refractivity contribution is 0.597. The average molecular weight is 340 g/mol. The molecule has 0 unspecified atom stereocenters. The quantitative estimate of drug-likeness (QED) is 0.795. The minimum absolute atomic E-state index is 0.391. The van der Waals surface area contributed by atoms with E-state index in [1.165, 1.54) is 4.31 Å². The van der Waals surface area contributed by atoms with Gasteiger partial charge in [0.2, 0.25) is 0 Å². The third kappa shape index (κ3) is 2.37. The summed E-state index contributed by atoms with van der Waals surface area (Å²) in [4.78, 5) is 8.55. The predicted octanol–water partition coefficient (Wildman–Crippen LogP) is 2.66. The van der Waals surface area contributed by atoms with E-state index in [1.807, 2.05) is 43.3 Å². The lowest BCUT2D eigenvalue weighted by atomic mass is 10.1. The lowest BCUT2D eigenvalue weighted by Crippen LogP contribution is -2.35. The summed E-state index contributed by atoms with van der Waals surface area (Å²) in [6.07, 6.45) is 3.83. The highest BCUT2D eigenvalue weighted by Crippen LogP contribution is 2.30. The minimum atomic E-state index is -3.74. The van der Waals surface area contributed by atoms with Crippen LogP contribution in [0, 0.1) is 6.92 Å². The van der Waals surface area contributed by atoms with Crippen molar-refractivity contribution in [2.24, 2.45) is 0 Å². The van der Waals surface area contributed by atoms with Gasteiger partial charge in [0.05, 0.1) is 17.4 Å². The van der Waals surface area contributed by atoms with E-state index in [-0.39, 0.29) is 0 Å². The molecule has 24 heavy (non-hydrogen) atoms. The highest BCUT2D eigenvalue weighted by atomic mass is 32.2. The Kier molecular flexibility index (Phi) is 3.38. The van der Waals surface area contributed by atoms with Gasteiger partial charge in [-0.05, 0) is 36.6 Å². The number of nitrogens with zero attached hydrogens (tertiary/aromatic N) is 3. The molecule has 0 fully saturated rings. The van der Waals surface area contributed by atoms with E-state index < -0.39 is 10.2 Å². The standard InChI is InChI=1S/C17H16N4O2S/c1-12-14-6-2-3-7-15(14)19-11-16(12)20-24(22,23)21-10-8-13-5-4-9-18-17(13)21/h2-7,9,11,20H,8,10H2,1H3. The molecule has 122 valence electrons. The normalized spacial score (nSPS) is 14.0. The van der Waals surface area contributed by atoms with Gasteiger partial charge in [-0.25, -0.2) is 9.29 Å². The topological polar surface area (TPSA) is 75.2 Å². The lowest BCUT2D eigenvalue weighted by Gasteiger charge is -2.20. The van der Waals surface area contributed by atoms with Crippen LogP contribution in [0.3, 0.4) is 0 Å². The average Bonchev–Trinajstić information content (AvgIpc) is 3.03. The van der Waals surface area contributed by atoms with E-state index in [0.717, 1.165) is 22.0 Å². The molecular weight excluding hydrogens is 324 g/mol. The third-order valence-electron chi connectivity index (χ3n) is 4.26. The Bertz CT molecular complexity index is 1030. The van der Waals surface area contributed by atoms with Gasteiger partial charge in [0.1, 0.15) is 5.82 Å². The zero-order valence-electron chi connectivity index (χ0n) is 13.1. The summed E-state index contributed by atoms with van der Waals surface area (Å²) in [5.74, 6) is 0.497. The van der Waals surface area contributed by atoms with Crippen LogP contribution in [0.4, 0.5) is 11.5 Å². The second kappa shape index (κ2) is 5.45. The fourth-order valence-corrected chi connectivity index (χ4v) is 4.31. The van der Waals surface area contributed by atoms with E-state index >= 15 is 0 Å². The summed E-state index contributed by atoms with van der Waals surface area (Å²) in [7, 11) is -3.74. The van der Waals surface area contributed by atoms with E-state index in [4.69, 9.17) is 0 Å². The molecule has 1 aliphatic rings. The molecule has 4 rings (SSSR count). The zero-order valence-corrected chi connectivity index (χ0v) is 13.9. The van der Waals surface area contributed by atoms with E-state index in [2.05, 4.69) is 14.7 Å². The number of aromatic nitrogens is 2. The molecule has 0 amide bonds. The minimum Gasteiger partial charge on any atom is -0.265 e. The Labute approximate surface area is 140 Å². The van der Waals surface area contributed by atoms with Crippen LogP contribution in [0.15, 0.2) is 48.8 Å². The molecule has 0 radical (unpaired) electrons. The maximum atomic E-state index is 12.8. The Hall–Kier alpha value is -2.67. The van der Waals surface area contributed by atoms with Gasteiger partial charge in [-0.1, -0.05) is 24.3 Å². The largest absolute Gasteiger partial charge is 0.325 e. The first-order valence-corrected chi connectivity index (χ1v) is 9.09. The molecule has 0 aliphatic carbocycles. The molecule has 3 heterocycles. The molecule has 7 heteroatoms. The van der Waals surface area contributed by atoms with Gasteiger partial charge in [0.15, 0.2) is 0 Å². The predicted molar refractivity (Wildman–Crippen MR) is 94.3 cm³/mol. The van der Waals surface area contributed by atoms with Gasteiger partial charge in [0, 0.05) is 18.1 Å². The van der Waals surface area contributed by atoms with Crippen molar-refractivity contribution in [1.29, 1.82) is 0 Å². The van der Waals surface area contributed by atoms with Gasteiger partial charge >= 0.3 is 10.2 Å². The number of fused-ring (bicyclic) bond motifs is 2. The molecule has 0 atom stereocenters. The molecule has 0 saturated carbocycles. The van der Waals surface area contributed by atoms with Crippen LogP contribution in [0.25, 0.3) is 10.9 Å². The van der Waals surface area contributed by atoms with E-state index in [9.17, 15) is 8.42 Å². The maximum absolute atomic E-state index is 12.8. The second-order valence-corrected chi connectivity index (χ2v) is 7.32. The van der Waals surface area contributed by atoms with Crippen molar-refractivity contribution >= 4 is 32.6 Å². The van der Waals surface area contributed by atoms with Gasteiger partial charge in [-0.15, -0.1) is 0 Å². The van der Waals surface area contributed by atoms with Crippen molar-refractivity contribution < 1.29 is 8.42 Å². The molecule has 1 aliphatic heterocycles. The number of hydrogen-bond acceptors (Lipinski definition) is 4. The number of benzene rings is 1. The highest BCUT2D eigenvalue weighted by Gasteiger charge is 2.30. The van der Waals surface area contributed by atoms with Gasteiger partial charge in [0.25, 0.3) is 0 Å². The van der Waals surface area contributed by atoms with Gasteiger partial charge in [-0.2, -0.15) is 8.42 Å². The molecule has 1 N–H and O–H groups in total. The Morgan fingerprint density at radius 2 is 1.96 bits per heavy atom. The summed E-state index contributed by atoms with van der Waals surface area (Å²) in [5, 5.41) is 0.928. The molecule has 1 aromatic carbocycles. The number of pyridine rings is 2. The first kappa shape index (κ1) is 14.9. The number of aryl methyl sites for hydroxylation is 1. The second-order valence-electron chi connectivity index (χ2n) is 5.73. The maximum Gasteiger partial charge on any atom is 0.325 e. The number of anilines is 2. The Balaban J connectivity index is 1.72. The van der Waals surface area contributed by atoms with E-state index in [1.54, 1.807) is 12.4 Å². The van der Waals surface area contributed by atoms with Crippen molar-refractivity contribution in [3.63, 3.8) is 0 Å². The fourth-order valence-electron chi connectivity index (χ4n) is 2.99. The molecule has 6 nitrogen and oxygen atoms in total. The van der Waals surface area contributed by atoms with Crippen LogP contribution >= 0.6 is 0 Å². The molecule has 0 spiro atoms. The zero-order chi connectivity index (χ0) is 16.7. The van der Waals surface area contributed by atoms with Crippen LogP contribution < -0.4 is 9.03 Å². The Morgan fingerprint density at radius 3 is 2.83 bits per heavy atom. The fraction of sp³-hybridized carbons (Fsp3) is 0.176. The van der Waals surface area contributed by atoms with Crippen molar-refractivity contribution in [3.8, 4) is 0 Å². The molecule has 0 bridgehead atoms. The number of hydrogen-bond donors (Lipinski definition) is 1. The number of para-hydroxylation sites is 1. The van der Waals surface area contributed by atoms with Crippen molar-refractivity contribution in [2.75, 3.05) is 15.6 Å². The summed E-state index contributed by atoms with van der Waals surface area (Å²) in [5.41, 5.74) is 3.12. The van der Waals surface area contributed by atoms with Crippen molar-refractivity contribution in [1.82, 2.24) is 9.97 Å². The van der Waals surface area contributed by atoms with Crippen LogP contribution in [-0.2, 0) is 16.6 Å². The molecule has 3 aromatic rings. The summed E-state index contributed by atoms with van der Waals surface area (Å²) < 4.78 is 29.6. The highest BCUT2D eigenvalue weighted by molar-refractivity contribution is 7.94. The SMILES string of the molecule is Cc1c(NS(=O)(=O)N2CCc3cccnc32)cnc2ccccc12. The third-order valence-corrected chi connectivity index (χ3v) is 5.68. The van der Waals surface area contributed by atoms with Crippen molar-refractivity contribution in [2.45, 2.75) is 13.3 Å². The first-order chi connectivity index (χ1) is 11.6. The summed E-state index contributed by atoms with van der Waals surface area (Å²) in [6.45, 7) is 2.28. The number of nitrogens with one attached hydrogen (secondary N) is 1. The van der Waals surface area contributed by atoms with Crippen LogP contribution in [-0.4, -0.2) is 24.9 Å². The van der Waals surface area contributed by atoms with Gasteiger partial charge < -0.3 is 0 Å². The first-order valence-electron chi connectivity index (χ1n) is 7.65. The Morgan fingerprint density at radius 1 is 1.12 bits per heavy atom. The van der Waals surface area contributed by atoms with Gasteiger partial charge in [-0.3, -0.25) is 9.71 Å². The summed E-state index contributed by atoms with van der Waals surface area (Å²) >= 11 is 0. The molecule has 2 aromatic heterocycles. The van der Waals surface area contributed by atoms with Crippen molar-refractivity contribution in [3.05, 3.63) is 59.9 Å². The van der Waals surface area contributed by atoms with E-state index in [0.29, 0.717) is 24.5 Å². The van der Waals surface area contributed by atoms with Crippen LogP contribution in [0.2, 0.25) is 0 Å². The molecular formula is C17H16N4O2S. The van der Waals surface area contributed by atoms with Crippen LogP contribution in [0.5, 0.6) is 0 Å². The monoisotopic (exact) mass is 340 g/mol. The summed E-state index contributed by atoms with van der Waals surface area (Å²) in [6, 6.07) is 11.4. The smallest absolute Gasteiger partial charge is 0.265 e. The molecule has 0 saturated heterocycles. The van der Waals surface area contributed by atoms with Crippen LogP contribution in [0.1, 0.15) is 11.1 Å². The number of rotatable bonds is 3.